The molecule has 5 rings (SSSR count). The normalized spacial score (nSPS) is 20.4. The molecule has 1 aromatic heterocycles. The van der Waals surface area contributed by atoms with E-state index in [0.29, 0.717) is 29.5 Å². The third-order valence-corrected chi connectivity index (χ3v) is 6.21. The number of carbonyl (C=O) groups excluding carboxylic acids is 1. The van der Waals surface area contributed by atoms with Gasteiger partial charge < -0.3 is 25.9 Å². The number of alkyl halides is 2. The van der Waals surface area contributed by atoms with E-state index in [2.05, 4.69) is 32.3 Å². The fraction of sp³-hybridized carbons (Fsp3) is 0.320. The lowest BCUT2D eigenvalue weighted by Gasteiger charge is -2.31. The van der Waals surface area contributed by atoms with E-state index >= 15 is 0 Å². The largest absolute Gasteiger partial charge is 0.404 e. The van der Waals surface area contributed by atoms with Crippen molar-refractivity contribution in [3.05, 3.63) is 65.4 Å². The Labute approximate surface area is 207 Å². The summed E-state index contributed by atoms with van der Waals surface area (Å²) in [6.07, 6.45) is 8.71. The van der Waals surface area contributed by atoms with Crippen molar-refractivity contribution in [2.24, 2.45) is 10.7 Å². The molecule has 1 fully saturated rings. The van der Waals surface area contributed by atoms with Crippen molar-refractivity contribution in [3.8, 4) is 11.4 Å². The summed E-state index contributed by atoms with van der Waals surface area (Å²) in [5.74, 6) is -1.44. The lowest BCUT2D eigenvalue weighted by Crippen LogP contribution is -2.33. The molecule has 2 aliphatic heterocycles. The molecule has 11 heteroatoms. The lowest BCUT2D eigenvalue weighted by atomic mass is 9.81. The van der Waals surface area contributed by atoms with Crippen molar-refractivity contribution in [1.82, 2.24) is 15.0 Å². The molecule has 1 aliphatic carbocycles. The topological polar surface area (TPSA) is 133 Å². The first-order valence-electron chi connectivity index (χ1n) is 11.4. The quantitative estimate of drug-likeness (QED) is 0.407. The number of nitrogens with one attached hydrogen (secondary N) is 2. The van der Waals surface area contributed by atoms with Gasteiger partial charge in [0.25, 0.3) is 0 Å². The van der Waals surface area contributed by atoms with Gasteiger partial charge in [-0.15, -0.1) is 0 Å². The molecule has 1 amide bonds. The van der Waals surface area contributed by atoms with E-state index in [0.717, 1.165) is 29.1 Å². The summed E-state index contributed by atoms with van der Waals surface area (Å²) in [5, 5.41) is 13.6. The van der Waals surface area contributed by atoms with E-state index in [9.17, 15) is 13.6 Å². The molecule has 0 saturated heterocycles. The van der Waals surface area contributed by atoms with Crippen LogP contribution in [0.2, 0.25) is 0 Å². The van der Waals surface area contributed by atoms with E-state index in [1.54, 1.807) is 12.1 Å². The number of allylic oxidation sites excluding steroid dienone is 3. The Morgan fingerprint density at radius 2 is 2.11 bits per heavy atom. The van der Waals surface area contributed by atoms with Crippen molar-refractivity contribution in [1.29, 1.82) is 5.41 Å². The summed E-state index contributed by atoms with van der Waals surface area (Å²) in [6, 6.07) is 5.71. The molecule has 0 radical (unpaired) electrons. The van der Waals surface area contributed by atoms with E-state index in [-0.39, 0.29) is 24.7 Å². The maximum atomic E-state index is 12.9. The van der Waals surface area contributed by atoms with Gasteiger partial charge in [0.2, 0.25) is 24.0 Å². The van der Waals surface area contributed by atoms with Gasteiger partial charge in [-0.2, -0.15) is 4.98 Å². The summed E-state index contributed by atoms with van der Waals surface area (Å²) in [5.41, 5.74) is 9.33. The molecule has 0 bridgehead atoms. The predicted molar refractivity (Wildman–Crippen MR) is 133 cm³/mol. The number of amidine groups is 1. The molecule has 9 nitrogen and oxygen atoms in total. The summed E-state index contributed by atoms with van der Waals surface area (Å²) in [4.78, 5) is 21.2. The fourth-order valence-electron chi connectivity index (χ4n) is 4.04. The summed E-state index contributed by atoms with van der Waals surface area (Å²) in [7, 11) is 0. The summed E-state index contributed by atoms with van der Waals surface area (Å²) >= 11 is 0. The Kier molecular flexibility index (Phi) is 7.09. The molecule has 188 valence electrons. The molecule has 1 unspecified atom stereocenters. The van der Waals surface area contributed by atoms with Gasteiger partial charge in [-0.3, -0.25) is 9.79 Å². The standard InChI is InChI=1S/C14H13F2N3O2.C11H14N4/c1-8-2-3-9(4-11(8)17-7-20)12-18-13(21-19-12)10-5-14(15,16)6-10;1-8-6-14-11-3-2-9(7-15(8)11)10(4-12)5-13/h2-4,7,10H,5-6H2,1H3,(H,17,20);2-5,7-8,12H,6,13H2,1H3/b;10-5+,12-4?. The number of nitrogens with two attached hydrogens (primary N) is 1. The minimum Gasteiger partial charge on any atom is -0.404 e. The van der Waals surface area contributed by atoms with Crippen LogP contribution in [-0.2, 0) is 4.79 Å². The van der Waals surface area contributed by atoms with Crippen molar-refractivity contribution in [3.63, 3.8) is 0 Å². The number of aliphatic imine (C=N–C) groups is 1. The molecular formula is C25H27F2N7O2. The van der Waals surface area contributed by atoms with Crippen LogP contribution >= 0.6 is 0 Å². The number of carbonyl (C=O) groups is 1. The highest BCUT2D eigenvalue weighted by Crippen LogP contribution is 2.47. The number of amides is 1. The first-order chi connectivity index (χ1) is 17.2. The number of aryl methyl sites for hydroxylation is 1. The number of halogens is 2. The van der Waals surface area contributed by atoms with Gasteiger partial charge in [0, 0.05) is 59.8 Å². The Hall–Kier alpha value is -4.15. The van der Waals surface area contributed by atoms with Crippen LogP contribution in [0.3, 0.4) is 0 Å². The molecule has 36 heavy (non-hydrogen) atoms. The summed E-state index contributed by atoms with van der Waals surface area (Å²) < 4.78 is 30.8. The monoisotopic (exact) mass is 495 g/mol. The number of hydrogen-bond donors (Lipinski definition) is 3. The molecule has 1 aromatic carbocycles. The van der Waals surface area contributed by atoms with Crippen LogP contribution in [0.15, 0.2) is 63.4 Å². The van der Waals surface area contributed by atoms with Gasteiger partial charge in [0.15, 0.2) is 0 Å². The van der Waals surface area contributed by atoms with Crippen LogP contribution in [0.5, 0.6) is 0 Å². The van der Waals surface area contributed by atoms with Crippen LogP contribution in [0, 0.1) is 12.3 Å². The van der Waals surface area contributed by atoms with Gasteiger partial charge in [0.05, 0.1) is 12.6 Å². The van der Waals surface area contributed by atoms with Crippen LogP contribution in [0.25, 0.3) is 11.4 Å². The van der Waals surface area contributed by atoms with Crippen LogP contribution in [-0.4, -0.2) is 52.0 Å². The van der Waals surface area contributed by atoms with E-state index < -0.39 is 5.92 Å². The van der Waals surface area contributed by atoms with Gasteiger partial charge in [-0.1, -0.05) is 17.3 Å². The van der Waals surface area contributed by atoms with Crippen molar-refractivity contribution >= 4 is 24.1 Å². The minimum absolute atomic E-state index is 0.237. The highest BCUT2D eigenvalue weighted by molar-refractivity contribution is 5.98. The molecule has 0 spiro atoms. The van der Waals surface area contributed by atoms with Gasteiger partial charge in [-0.25, -0.2) is 8.78 Å². The zero-order chi connectivity index (χ0) is 25.9. The zero-order valence-corrected chi connectivity index (χ0v) is 19.9. The number of aromatic nitrogens is 2. The van der Waals surface area contributed by atoms with Gasteiger partial charge in [0.1, 0.15) is 5.84 Å². The second-order valence-corrected chi connectivity index (χ2v) is 8.85. The maximum Gasteiger partial charge on any atom is 0.249 e. The molecular weight excluding hydrogens is 468 g/mol. The number of hydrogen-bond acceptors (Lipinski definition) is 8. The smallest absolute Gasteiger partial charge is 0.249 e. The van der Waals surface area contributed by atoms with E-state index in [1.807, 2.05) is 31.3 Å². The minimum atomic E-state index is -2.62. The Morgan fingerprint density at radius 3 is 2.78 bits per heavy atom. The lowest BCUT2D eigenvalue weighted by molar-refractivity contribution is -0.105. The predicted octanol–water partition coefficient (Wildman–Crippen LogP) is 4.16. The van der Waals surface area contributed by atoms with Crippen molar-refractivity contribution in [2.75, 3.05) is 11.9 Å². The highest BCUT2D eigenvalue weighted by atomic mass is 19.3. The van der Waals surface area contributed by atoms with E-state index in [4.69, 9.17) is 15.7 Å². The van der Waals surface area contributed by atoms with Crippen LogP contribution in [0.4, 0.5) is 14.5 Å². The highest BCUT2D eigenvalue weighted by Gasteiger charge is 2.48. The third kappa shape index (κ3) is 5.24. The zero-order valence-electron chi connectivity index (χ0n) is 19.9. The van der Waals surface area contributed by atoms with Crippen molar-refractivity contribution in [2.45, 2.75) is 44.6 Å². The first kappa shape index (κ1) is 25.0. The second kappa shape index (κ2) is 10.2. The summed E-state index contributed by atoms with van der Waals surface area (Å²) in [6.45, 7) is 4.81. The third-order valence-electron chi connectivity index (χ3n) is 6.21. The van der Waals surface area contributed by atoms with Crippen molar-refractivity contribution < 1.29 is 18.1 Å². The molecule has 3 heterocycles. The fourth-order valence-corrected chi connectivity index (χ4v) is 4.04. The molecule has 4 N–H and O–H groups in total. The number of benzene rings is 1. The maximum absolute atomic E-state index is 12.9. The number of fused-ring (bicyclic) bond motifs is 1. The Balaban J connectivity index is 0.000000179. The average Bonchev–Trinajstić information content (AvgIpc) is 3.48. The molecule has 1 atom stereocenters. The number of rotatable bonds is 6. The first-order valence-corrected chi connectivity index (χ1v) is 11.4. The Bertz CT molecular complexity index is 1270. The van der Waals surface area contributed by atoms with Crippen LogP contribution in [0.1, 0.15) is 37.1 Å². The van der Waals surface area contributed by atoms with Crippen LogP contribution < -0.4 is 11.1 Å². The number of anilines is 1. The molecule has 1 saturated carbocycles. The van der Waals surface area contributed by atoms with E-state index in [1.165, 1.54) is 12.4 Å². The SMILES string of the molecule is CC1CN=C2C=CC(/C(C=N)=C/N)=CN21.Cc1ccc(-c2noc(C3CC(F)(F)C3)n2)cc1NC=O. The van der Waals surface area contributed by atoms with Gasteiger partial charge in [-0.05, 0) is 37.6 Å². The van der Waals surface area contributed by atoms with Gasteiger partial charge >= 0.3 is 0 Å². The number of nitrogens with zero attached hydrogens (tertiary/aromatic N) is 4. The molecule has 3 aliphatic rings. The Morgan fingerprint density at radius 1 is 1.33 bits per heavy atom. The second-order valence-electron chi connectivity index (χ2n) is 8.85. The average molecular weight is 496 g/mol. The molecule has 2 aromatic rings.